The van der Waals surface area contributed by atoms with Gasteiger partial charge in [0.1, 0.15) is 11.5 Å². The van der Waals surface area contributed by atoms with Crippen molar-refractivity contribution in [2.24, 2.45) is 0 Å². The van der Waals surface area contributed by atoms with E-state index >= 15 is 0 Å². The Morgan fingerprint density at radius 3 is 2.61 bits per heavy atom. The Kier molecular flexibility index (Phi) is 4.15. The van der Waals surface area contributed by atoms with Crippen LogP contribution in [0, 0.1) is 0 Å². The summed E-state index contributed by atoms with van der Waals surface area (Å²) < 4.78 is 5.73. The number of aryl methyl sites for hydroxylation is 1. The van der Waals surface area contributed by atoms with Crippen LogP contribution >= 0.6 is 0 Å². The fraction of sp³-hybridized carbons (Fsp3) is 0.400. The van der Waals surface area contributed by atoms with Crippen LogP contribution in [0.15, 0.2) is 40.9 Å². The highest BCUT2D eigenvalue weighted by molar-refractivity contribution is 5.10. The van der Waals surface area contributed by atoms with E-state index < -0.39 is 0 Å². The smallest absolute Gasteiger partial charge is 0.118 e. The third-order valence-corrected chi connectivity index (χ3v) is 3.25. The Hall–Kier alpha value is -1.61. The zero-order valence-electron chi connectivity index (χ0n) is 11.3. The molecule has 0 bridgehead atoms. The maximum absolute atomic E-state index is 5.73. The summed E-state index contributed by atoms with van der Waals surface area (Å²) in [5, 5.41) is 0. The maximum atomic E-state index is 5.73. The van der Waals surface area contributed by atoms with Crippen molar-refractivity contribution in [1.29, 1.82) is 0 Å². The van der Waals surface area contributed by atoms with E-state index in [1.807, 2.05) is 18.3 Å². The van der Waals surface area contributed by atoms with Gasteiger partial charge in [0.2, 0.25) is 0 Å². The Labute approximate surface area is 108 Å². The molecular weight excluding hydrogens is 224 g/mol. The van der Waals surface area contributed by atoms with E-state index in [0.29, 0.717) is 0 Å². The summed E-state index contributed by atoms with van der Waals surface area (Å²) in [6.07, 6.45) is 2.78. The van der Waals surface area contributed by atoms with E-state index in [0.717, 1.165) is 30.2 Å². The molecule has 2 heterocycles. The van der Waals surface area contributed by atoms with Crippen LogP contribution in [0.3, 0.4) is 0 Å². The van der Waals surface area contributed by atoms with Gasteiger partial charge in [-0.15, -0.1) is 0 Å². The first kappa shape index (κ1) is 12.8. The molecule has 1 atom stereocenters. The maximum Gasteiger partial charge on any atom is 0.118 e. The van der Waals surface area contributed by atoms with Crippen molar-refractivity contribution >= 4 is 0 Å². The van der Waals surface area contributed by atoms with Gasteiger partial charge in [-0.2, -0.15) is 0 Å². The topological polar surface area (TPSA) is 29.3 Å². The summed E-state index contributed by atoms with van der Waals surface area (Å²) in [6.45, 7) is 5.06. The van der Waals surface area contributed by atoms with Crippen LogP contribution in [0.25, 0.3) is 0 Å². The highest BCUT2D eigenvalue weighted by Gasteiger charge is 2.14. The number of nitrogens with zero attached hydrogens (tertiary/aromatic N) is 2. The number of aromatic nitrogens is 1. The molecule has 0 N–H and O–H groups in total. The summed E-state index contributed by atoms with van der Waals surface area (Å²) >= 11 is 0. The average Bonchev–Trinajstić information content (AvgIpc) is 2.86. The van der Waals surface area contributed by atoms with Crippen LogP contribution in [0.4, 0.5) is 0 Å². The second-order valence-electron chi connectivity index (χ2n) is 4.57. The molecule has 0 saturated carbocycles. The van der Waals surface area contributed by atoms with Crippen LogP contribution in [0.5, 0.6) is 0 Å². The minimum Gasteiger partial charge on any atom is -0.465 e. The molecule has 0 aliphatic heterocycles. The first-order valence-corrected chi connectivity index (χ1v) is 6.39. The Morgan fingerprint density at radius 1 is 1.22 bits per heavy atom. The predicted octanol–water partition coefficient (Wildman–Crippen LogP) is 3.43. The molecular formula is C15H20N2O. The summed E-state index contributed by atoms with van der Waals surface area (Å²) in [5.41, 5.74) is 1.09. The van der Waals surface area contributed by atoms with Crippen LogP contribution in [-0.4, -0.2) is 16.9 Å². The van der Waals surface area contributed by atoms with E-state index in [1.54, 1.807) is 0 Å². The van der Waals surface area contributed by atoms with Gasteiger partial charge in [-0.25, -0.2) is 0 Å². The number of furan rings is 1. The molecule has 0 aliphatic carbocycles. The summed E-state index contributed by atoms with van der Waals surface area (Å²) in [6, 6.07) is 10.4. The molecule has 0 radical (unpaired) electrons. The third-order valence-electron chi connectivity index (χ3n) is 3.25. The number of hydrogen-bond acceptors (Lipinski definition) is 3. The molecule has 0 fully saturated rings. The normalized spacial score (nSPS) is 12.9. The van der Waals surface area contributed by atoms with Crippen LogP contribution in [-0.2, 0) is 13.0 Å². The average molecular weight is 244 g/mol. The third kappa shape index (κ3) is 2.99. The van der Waals surface area contributed by atoms with Crippen molar-refractivity contribution < 1.29 is 4.42 Å². The highest BCUT2D eigenvalue weighted by atomic mass is 16.3. The lowest BCUT2D eigenvalue weighted by molar-refractivity contribution is 0.227. The fourth-order valence-corrected chi connectivity index (χ4v) is 1.93. The SMILES string of the molecule is CCc1ccc(CN(C)C(C)c2ccccn2)o1. The molecule has 0 spiro atoms. The minimum atomic E-state index is 0.279. The zero-order chi connectivity index (χ0) is 13.0. The second kappa shape index (κ2) is 5.83. The summed E-state index contributed by atoms with van der Waals surface area (Å²) in [4.78, 5) is 6.63. The first-order chi connectivity index (χ1) is 8.70. The van der Waals surface area contributed by atoms with Crippen molar-refractivity contribution in [2.75, 3.05) is 7.05 Å². The molecule has 2 aromatic rings. The van der Waals surface area contributed by atoms with Gasteiger partial charge in [0.25, 0.3) is 0 Å². The lowest BCUT2D eigenvalue weighted by atomic mass is 10.2. The monoisotopic (exact) mass is 244 g/mol. The van der Waals surface area contributed by atoms with Gasteiger partial charge in [0.15, 0.2) is 0 Å². The van der Waals surface area contributed by atoms with E-state index in [1.165, 1.54) is 0 Å². The molecule has 0 amide bonds. The molecule has 2 rings (SSSR count). The molecule has 3 heteroatoms. The Morgan fingerprint density at radius 2 is 2.00 bits per heavy atom. The summed E-state index contributed by atoms with van der Waals surface area (Å²) in [5.74, 6) is 2.06. The van der Waals surface area contributed by atoms with Gasteiger partial charge in [-0.1, -0.05) is 13.0 Å². The highest BCUT2D eigenvalue weighted by Crippen LogP contribution is 2.19. The van der Waals surface area contributed by atoms with Crippen LogP contribution in [0.2, 0.25) is 0 Å². The van der Waals surface area contributed by atoms with E-state index in [-0.39, 0.29) is 6.04 Å². The Bertz CT molecular complexity index is 478. The first-order valence-electron chi connectivity index (χ1n) is 6.39. The van der Waals surface area contributed by atoms with Gasteiger partial charge in [0, 0.05) is 18.7 Å². The quantitative estimate of drug-likeness (QED) is 0.807. The molecule has 0 aliphatic rings. The van der Waals surface area contributed by atoms with Crippen molar-refractivity contribution in [3.05, 3.63) is 53.7 Å². The van der Waals surface area contributed by atoms with Gasteiger partial charge >= 0.3 is 0 Å². The number of pyridine rings is 1. The minimum absolute atomic E-state index is 0.279. The van der Waals surface area contributed by atoms with Crippen LogP contribution < -0.4 is 0 Å². The van der Waals surface area contributed by atoms with Crippen molar-refractivity contribution in [2.45, 2.75) is 32.9 Å². The number of hydrogen-bond donors (Lipinski definition) is 0. The van der Waals surface area contributed by atoms with Gasteiger partial charge in [-0.05, 0) is 38.2 Å². The predicted molar refractivity (Wildman–Crippen MR) is 72.2 cm³/mol. The van der Waals surface area contributed by atoms with Crippen molar-refractivity contribution in [3.63, 3.8) is 0 Å². The lowest BCUT2D eigenvalue weighted by Gasteiger charge is -2.23. The molecule has 0 saturated heterocycles. The largest absolute Gasteiger partial charge is 0.465 e. The Balaban J connectivity index is 2.01. The van der Waals surface area contributed by atoms with Gasteiger partial charge < -0.3 is 4.42 Å². The molecule has 3 nitrogen and oxygen atoms in total. The van der Waals surface area contributed by atoms with Gasteiger partial charge in [-0.3, -0.25) is 9.88 Å². The van der Waals surface area contributed by atoms with Crippen LogP contribution in [0.1, 0.15) is 37.1 Å². The van der Waals surface area contributed by atoms with E-state index in [2.05, 4.69) is 49.0 Å². The summed E-state index contributed by atoms with van der Waals surface area (Å²) in [7, 11) is 2.09. The molecule has 18 heavy (non-hydrogen) atoms. The lowest BCUT2D eigenvalue weighted by Crippen LogP contribution is -2.22. The second-order valence-corrected chi connectivity index (χ2v) is 4.57. The van der Waals surface area contributed by atoms with E-state index in [9.17, 15) is 0 Å². The van der Waals surface area contributed by atoms with Gasteiger partial charge in [0.05, 0.1) is 12.2 Å². The zero-order valence-corrected chi connectivity index (χ0v) is 11.3. The molecule has 96 valence electrons. The standard InChI is InChI=1S/C15H20N2O/c1-4-13-8-9-14(18-13)11-17(3)12(2)15-7-5-6-10-16-15/h5-10,12H,4,11H2,1-3H3. The molecule has 1 unspecified atom stereocenters. The number of rotatable bonds is 5. The molecule has 2 aromatic heterocycles. The fourth-order valence-electron chi connectivity index (χ4n) is 1.93. The van der Waals surface area contributed by atoms with E-state index in [4.69, 9.17) is 4.42 Å². The molecule has 0 aromatic carbocycles. The van der Waals surface area contributed by atoms with Crippen molar-refractivity contribution in [3.8, 4) is 0 Å². The van der Waals surface area contributed by atoms with Crippen molar-refractivity contribution in [1.82, 2.24) is 9.88 Å².